The van der Waals surface area contributed by atoms with E-state index in [0.717, 1.165) is 17.2 Å². The van der Waals surface area contributed by atoms with Gasteiger partial charge >= 0.3 is 0 Å². The first-order valence-corrected chi connectivity index (χ1v) is 9.61. The van der Waals surface area contributed by atoms with Gasteiger partial charge in [0.15, 0.2) is 0 Å². The lowest BCUT2D eigenvalue weighted by molar-refractivity contribution is -0.116. The van der Waals surface area contributed by atoms with Gasteiger partial charge in [-0.2, -0.15) is 0 Å². The SMILES string of the molecule is COc1ccc(OCCCC(=O)Nc2c(C(C)C)cccc2C(C)C)cc1. The Hall–Kier alpha value is -2.49. The van der Waals surface area contributed by atoms with E-state index in [1.807, 2.05) is 24.3 Å². The zero-order chi connectivity index (χ0) is 19.8. The molecule has 2 rings (SSSR count). The molecule has 1 N–H and O–H groups in total. The number of ether oxygens (including phenoxy) is 2. The Morgan fingerprint density at radius 1 is 0.926 bits per heavy atom. The van der Waals surface area contributed by atoms with Gasteiger partial charge in [-0.15, -0.1) is 0 Å². The van der Waals surface area contributed by atoms with Crippen LogP contribution < -0.4 is 14.8 Å². The van der Waals surface area contributed by atoms with Gasteiger partial charge in [0.2, 0.25) is 5.91 Å². The van der Waals surface area contributed by atoms with Gasteiger partial charge < -0.3 is 14.8 Å². The highest BCUT2D eigenvalue weighted by atomic mass is 16.5. The second-order valence-corrected chi connectivity index (χ2v) is 7.30. The number of rotatable bonds is 9. The summed E-state index contributed by atoms with van der Waals surface area (Å²) < 4.78 is 10.8. The van der Waals surface area contributed by atoms with Crippen LogP contribution in [0.4, 0.5) is 5.69 Å². The van der Waals surface area contributed by atoms with Crippen molar-refractivity contribution in [1.82, 2.24) is 0 Å². The van der Waals surface area contributed by atoms with Crippen LogP contribution in [0.1, 0.15) is 63.5 Å². The first-order chi connectivity index (χ1) is 12.9. The third-order valence-corrected chi connectivity index (χ3v) is 4.51. The molecule has 0 unspecified atom stereocenters. The number of para-hydroxylation sites is 1. The summed E-state index contributed by atoms with van der Waals surface area (Å²) in [7, 11) is 1.64. The van der Waals surface area contributed by atoms with Crippen molar-refractivity contribution in [2.45, 2.75) is 52.4 Å². The molecule has 0 aliphatic carbocycles. The molecule has 0 aliphatic heterocycles. The molecule has 0 spiro atoms. The molecule has 1 amide bonds. The van der Waals surface area contributed by atoms with E-state index in [4.69, 9.17) is 9.47 Å². The highest BCUT2D eigenvalue weighted by Crippen LogP contribution is 2.32. The highest BCUT2D eigenvalue weighted by Gasteiger charge is 2.15. The van der Waals surface area contributed by atoms with E-state index in [1.165, 1.54) is 11.1 Å². The number of carbonyl (C=O) groups is 1. The fourth-order valence-electron chi connectivity index (χ4n) is 2.99. The van der Waals surface area contributed by atoms with E-state index in [9.17, 15) is 4.79 Å². The second-order valence-electron chi connectivity index (χ2n) is 7.30. The van der Waals surface area contributed by atoms with Gasteiger partial charge in [0.1, 0.15) is 11.5 Å². The average Bonchev–Trinajstić information content (AvgIpc) is 2.65. The number of amides is 1. The molecule has 0 saturated heterocycles. The Balaban J connectivity index is 1.90. The van der Waals surface area contributed by atoms with Crippen LogP contribution in [0.2, 0.25) is 0 Å². The van der Waals surface area contributed by atoms with Crippen molar-refractivity contribution in [2.75, 3.05) is 19.0 Å². The van der Waals surface area contributed by atoms with Crippen LogP contribution in [0.15, 0.2) is 42.5 Å². The Morgan fingerprint density at radius 2 is 1.48 bits per heavy atom. The van der Waals surface area contributed by atoms with E-state index in [-0.39, 0.29) is 5.91 Å². The molecule has 2 aromatic rings. The molecule has 0 aromatic heterocycles. The highest BCUT2D eigenvalue weighted by molar-refractivity contribution is 5.92. The van der Waals surface area contributed by atoms with Crippen molar-refractivity contribution in [2.24, 2.45) is 0 Å². The van der Waals surface area contributed by atoms with Gasteiger partial charge in [0.05, 0.1) is 13.7 Å². The lowest BCUT2D eigenvalue weighted by atomic mass is 9.92. The van der Waals surface area contributed by atoms with Gasteiger partial charge in [-0.1, -0.05) is 45.9 Å². The van der Waals surface area contributed by atoms with Crippen LogP contribution in [-0.2, 0) is 4.79 Å². The molecule has 0 heterocycles. The van der Waals surface area contributed by atoms with Crippen LogP contribution in [0, 0.1) is 0 Å². The van der Waals surface area contributed by atoms with E-state index in [0.29, 0.717) is 31.3 Å². The third-order valence-electron chi connectivity index (χ3n) is 4.51. The lowest BCUT2D eigenvalue weighted by Crippen LogP contribution is -2.16. The number of carbonyl (C=O) groups excluding carboxylic acids is 1. The van der Waals surface area contributed by atoms with Gasteiger partial charge in [0, 0.05) is 12.1 Å². The van der Waals surface area contributed by atoms with E-state index in [1.54, 1.807) is 7.11 Å². The third kappa shape index (κ3) is 6.02. The quantitative estimate of drug-likeness (QED) is 0.573. The zero-order valence-electron chi connectivity index (χ0n) is 17.0. The predicted molar refractivity (Wildman–Crippen MR) is 111 cm³/mol. The van der Waals surface area contributed by atoms with Crippen LogP contribution in [0.25, 0.3) is 0 Å². The van der Waals surface area contributed by atoms with Crippen LogP contribution >= 0.6 is 0 Å². The minimum absolute atomic E-state index is 0.0309. The summed E-state index contributed by atoms with van der Waals surface area (Å²) in [4.78, 5) is 12.5. The van der Waals surface area contributed by atoms with Crippen molar-refractivity contribution >= 4 is 11.6 Å². The molecule has 0 fully saturated rings. The largest absolute Gasteiger partial charge is 0.497 e. The first kappa shape index (κ1) is 20.8. The van der Waals surface area contributed by atoms with Crippen molar-refractivity contribution in [3.05, 3.63) is 53.6 Å². The first-order valence-electron chi connectivity index (χ1n) is 9.61. The summed E-state index contributed by atoms with van der Waals surface area (Å²) in [5.41, 5.74) is 3.34. The molecule has 146 valence electrons. The van der Waals surface area contributed by atoms with Crippen molar-refractivity contribution in [3.8, 4) is 11.5 Å². The summed E-state index contributed by atoms with van der Waals surface area (Å²) in [6.45, 7) is 9.10. The Kier molecular flexibility index (Phi) is 7.71. The molecular formula is C23H31NO3. The Morgan fingerprint density at radius 3 is 2.00 bits per heavy atom. The fraction of sp³-hybridized carbons (Fsp3) is 0.435. The number of anilines is 1. The summed E-state index contributed by atoms with van der Waals surface area (Å²) in [5, 5.41) is 3.14. The van der Waals surface area contributed by atoms with Crippen molar-refractivity contribution in [3.63, 3.8) is 0 Å². The number of nitrogens with one attached hydrogen (secondary N) is 1. The van der Waals surface area contributed by atoms with Gasteiger partial charge in [-0.3, -0.25) is 4.79 Å². The Bertz CT molecular complexity index is 710. The normalized spacial score (nSPS) is 10.9. The number of hydrogen-bond acceptors (Lipinski definition) is 3. The molecule has 0 bridgehead atoms. The zero-order valence-corrected chi connectivity index (χ0v) is 17.0. The maximum atomic E-state index is 12.5. The average molecular weight is 370 g/mol. The number of methoxy groups -OCH3 is 1. The van der Waals surface area contributed by atoms with E-state index < -0.39 is 0 Å². The molecule has 2 aromatic carbocycles. The molecular weight excluding hydrogens is 338 g/mol. The smallest absolute Gasteiger partial charge is 0.224 e. The minimum Gasteiger partial charge on any atom is -0.497 e. The van der Waals surface area contributed by atoms with Crippen LogP contribution in [-0.4, -0.2) is 19.6 Å². The van der Waals surface area contributed by atoms with E-state index >= 15 is 0 Å². The molecule has 27 heavy (non-hydrogen) atoms. The van der Waals surface area contributed by atoms with Gasteiger partial charge in [-0.25, -0.2) is 0 Å². The van der Waals surface area contributed by atoms with Crippen molar-refractivity contribution < 1.29 is 14.3 Å². The predicted octanol–water partition coefficient (Wildman–Crippen LogP) is 5.74. The molecule has 4 heteroatoms. The molecule has 0 saturated carbocycles. The summed E-state index contributed by atoms with van der Waals surface area (Å²) in [6, 6.07) is 13.7. The second kappa shape index (κ2) is 10.0. The maximum absolute atomic E-state index is 12.5. The van der Waals surface area contributed by atoms with E-state index in [2.05, 4.69) is 51.2 Å². The Labute approximate surface area is 162 Å². The van der Waals surface area contributed by atoms with Gasteiger partial charge in [-0.05, 0) is 53.6 Å². The standard InChI is InChI=1S/C23H31NO3/c1-16(2)20-8-6-9-21(17(3)4)23(20)24-22(25)10-7-15-27-19-13-11-18(26-5)12-14-19/h6,8-9,11-14,16-17H,7,10,15H2,1-5H3,(H,24,25). The summed E-state index contributed by atoms with van der Waals surface area (Å²) in [5.74, 6) is 2.33. The van der Waals surface area contributed by atoms with Crippen LogP contribution in [0.5, 0.6) is 11.5 Å². The van der Waals surface area contributed by atoms with Crippen LogP contribution in [0.3, 0.4) is 0 Å². The maximum Gasteiger partial charge on any atom is 0.224 e. The van der Waals surface area contributed by atoms with Gasteiger partial charge in [0.25, 0.3) is 0 Å². The van der Waals surface area contributed by atoms with Crippen molar-refractivity contribution in [1.29, 1.82) is 0 Å². The molecule has 0 radical (unpaired) electrons. The number of benzene rings is 2. The number of hydrogen-bond donors (Lipinski definition) is 1. The summed E-state index contributed by atoms with van der Waals surface area (Å²) in [6.07, 6.45) is 1.10. The molecule has 0 atom stereocenters. The monoisotopic (exact) mass is 369 g/mol. The molecule has 4 nitrogen and oxygen atoms in total. The molecule has 0 aliphatic rings. The topological polar surface area (TPSA) is 47.6 Å². The minimum atomic E-state index is 0.0309. The fourth-order valence-corrected chi connectivity index (χ4v) is 2.99. The lowest BCUT2D eigenvalue weighted by Gasteiger charge is -2.20. The summed E-state index contributed by atoms with van der Waals surface area (Å²) >= 11 is 0.